The standard InChI is InChI=1S/C30H37N5O9S/c1-4-43-27(37)17-23(34-29(38)20-9-11-24(12-10-20)45(40,41)35-13-5-6-14-35)18-44-26-16-22(28(31)32)8-7-21(26)15-25(30(39)42-3)33-19(2)36/h7-12,15-16,23H,4-6,13-14,17-18H2,1-3H3,(H3,31,32)(H,33,36)(H,34,38)/t23-/m1/s1. The van der Waals surface area contributed by atoms with Crippen LogP contribution >= 0.6 is 0 Å². The van der Waals surface area contributed by atoms with Crippen LogP contribution in [-0.2, 0) is 33.9 Å². The molecular formula is C30H37N5O9S. The maximum atomic E-state index is 13.2. The molecular weight excluding hydrogens is 606 g/mol. The van der Waals surface area contributed by atoms with E-state index in [4.69, 9.17) is 25.4 Å². The first kappa shape index (κ1) is 34.7. The van der Waals surface area contributed by atoms with E-state index >= 15 is 0 Å². The highest BCUT2D eigenvalue weighted by Gasteiger charge is 2.27. The average molecular weight is 644 g/mol. The Balaban J connectivity index is 1.86. The van der Waals surface area contributed by atoms with Gasteiger partial charge >= 0.3 is 11.9 Å². The van der Waals surface area contributed by atoms with Crippen molar-refractivity contribution in [2.45, 2.75) is 44.0 Å². The summed E-state index contributed by atoms with van der Waals surface area (Å²) in [5.41, 5.74) is 6.21. The molecule has 2 amide bonds. The van der Waals surface area contributed by atoms with E-state index in [-0.39, 0.29) is 52.9 Å². The minimum absolute atomic E-state index is 0.0730. The Hall–Kier alpha value is -4.76. The molecule has 14 nitrogen and oxygen atoms in total. The van der Waals surface area contributed by atoms with Crippen molar-refractivity contribution < 1.29 is 41.8 Å². The summed E-state index contributed by atoms with van der Waals surface area (Å²) < 4.78 is 42.9. The highest BCUT2D eigenvalue weighted by Crippen LogP contribution is 2.24. The Morgan fingerprint density at radius 1 is 1.07 bits per heavy atom. The second-order valence-electron chi connectivity index (χ2n) is 10.0. The number of sulfonamides is 1. The lowest BCUT2D eigenvalue weighted by Crippen LogP contribution is -2.41. The van der Waals surface area contributed by atoms with E-state index in [1.165, 1.54) is 59.8 Å². The van der Waals surface area contributed by atoms with Crippen LogP contribution in [0.15, 0.2) is 53.1 Å². The number of methoxy groups -OCH3 is 1. The number of carbonyl (C=O) groups excluding carboxylic acids is 4. The highest BCUT2D eigenvalue weighted by atomic mass is 32.2. The Bertz CT molecular complexity index is 1570. The van der Waals surface area contributed by atoms with Gasteiger partial charge in [0, 0.05) is 36.7 Å². The molecule has 3 rings (SSSR count). The molecule has 2 aromatic rings. The van der Waals surface area contributed by atoms with E-state index in [1.807, 2.05) is 0 Å². The zero-order valence-corrected chi connectivity index (χ0v) is 26.1. The van der Waals surface area contributed by atoms with Crippen molar-refractivity contribution in [3.05, 3.63) is 64.9 Å². The van der Waals surface area contributed by atoms with Gasteiger partial charge in [-0.15, -0.1) is 0 Å². The SMILES string of the molecule is CCOC(=O)C[C@H](COc1cc(C(=N)N)ccc1C=C(NC(C)=O)C(=O)OC)NC(=O)c1ccc(S(=O)(=O)N2CCCC2)cc1. The topological polar surface area (TPSA) is 207 Å². The Kier molecular flexibility index (Phi) is 12.2. The van der Waals surface area contributed by atoms with E-state index in [0.717, 1.165) is 20.0 Å². The van der Waals surface area contributed by atoms with Crippen molar-refractivity contribution in [2.75, 3.05) is 33.4 Å². The van der Waals surface area contributed by atoms with Crippen LogP contribution in [0.4, 0.5) is 0 Å². The number of hydrogen-bond acceptors (Lipinski definition) is 10. The van der Waals surface area contributed by atoms with Gasteiger partial charge in [-0.1, -0.05) is 12.1 Å². The normalized spacial score (nSPS) is 14.2. The molecule has 2 aromatic carbocycles. The monoisotopic (exact) mass is 643 g/mol. The van der Waals surface area contributed by atoms with Gasteiger partial charge in [-0.2, -0.15) is 4.31 Å². The molecule has 5 N–H and O–H groups in total. The van der Waals surface area contributed by atoms with Gasteiger partial charge in [0.25, 0.3) is 5.91 Å². The molecule has 242 valence electrons. The number of rotatable bonds is 14. The van der Waals surface area contributed by atoms with Crippen molar-refractivity contribution in [1.82, 2.24) is 14.9 Å². The summed E-state index contributed by atoms with van der Waals surface area (Å²) in [7, 11) is -2.51. The van der Waals surface area contributed by atoms with Crippen LogP contribution in [0.3, 0.4) is 0 Å². The van der Waals surface area contributed by atoms with Crippen LogP contribution in [-0.4, -0.2) is 81.8 Å². The van der Waals surface area contributed by atoms with Gasteiger partial charge in [-0.25, -0.2) is 13.2 Å². The minimum atomic E-state index is -3.66. The second kappa shape index (κ2) is 15.8. The molecule has 1 aliphatic heterocycles. The van der Waals surface area contributed by atoms with Crippen molar-refractivity contribution in [2.24, 2.45) is 5.73 Å². The molecule has 45 heavy (non-hydrogen) atoms. The maximum absolute atomic E-state index is 13.2. The fourth-order valence-corrected chi connectivity index (χ4v) is 5.95. The molecule has 1 fully saturated rings. The molecule has 0 radical (unpaired) electrons. The summed E-state index contributed by atoms with van der Waals surface area (Å²) in [4.78, 5) is 49.5. The van der Waals surface area contributed by atoms with Crippen LogP contribution in [0, 0.1) is 5.41 Å². The van der Waals surface area contributed by atoms with Gasteiger partial charge in [0.1, 0.15) is 23.9 Å². The first-order valence-corrected chi connectivity index (χ1v) is 15.5. The molecule has 1 aliphatic rings. The van der Waals surface area contributed by atoms with Gasteiger partial charge in [0.15, 0.2) is 0 Å². The zero-order valence-electron chi connectivity index (χ0n) is 25.3. The number of nitrogens with zero attached hydrogens (tertiary/aromatic N) is 1. The largest absolute Gasteiger partial charge is 0.491 e. The number of ether oxygens (including phenoxy) is 3. The summed E-state index contributed by atoms with van der Waals surface area (Å²) in [6.07, 6.45) is 2.63. The van der Waals surface area contributed by atoms with Gasteiger partial charge < -0.3 is 30.6 Å². The summed E-state index contributed by atoms with van der Waals surface area (Å²) in [5.74, 6) is -2.68. The third-order valence-electron chi connectivity index (χ3n) is 6.65. The van der Waals surface area contributed by atoms with Crippen molar-refractivity contribution in [3.63, 3.8) is 0 Å². The maximum Gasteiger partial charge on any atom is 0.354 e. The highest BCUT2D eigenvalue weighted by molar-refractivity contribution is 7.89. The van der Waals surface area contributed by atoms with Gasteiger partial charge in [-0.05, 0) is 56.2 Å². The lowest BCUT2D eigenvalue weighted by atomic mass is 10.1. The molecule has 1 saturated heterocycles. The lowest BCUT2D eigenvalue weighted by Gasteiger charge is -2.20. The second-order valence-corrected chi connectivity index (χ2v) is 12.0. The average Bonchev–Trinajstić information content (AvgIpc) is 3.56. The van der Waals surface area contributed by atoms with E-state index in [2.05, 4.69) is 10.6 Å². The number of nitrogens with two attached hydrogens (primary N) is 1. The Labute approximate surface area is 261 Å². The molecule has 0 aliphatic carbocycles. The molecule has 0 spiro atoms. The number of benzene rings is 2. The van der Waals surface area contributed by atoms with E-state index < -0.39 is 39.8 Å². The summed E-state index contributed by atoms with van der Waals surface area (Å²) in [5, 5.41) is 12.9. The molecule has 0 bridgehead atoms. The predicted octanol–water partition coefficient (Wildman–Crippen LogP) is 1.54. The minimum Gasteiger partial charge on any atom is -0.491 e. The summed E-state index contributed by atoms with van der Waals surface area (Å²) in [6, 6.07) is 9.02. The molecule has 0 aromatic heterocycles. The smallest absolute Gasteiger partial charge is 0.354 e. The van der Waals surface area contributed by atoms with Crippen LogP contribution in [0.25, 0.3) is 6.08 Å². The zero-order chi connectivity index (χ0) is 33.1. The third-order valence-corrected chi connectivity index (χ3v) is 8.57. The number of esters is 2. The van der Waals surface area contributed by atoms with E-state index in [1.54, 1.807) is 6.92 Å². The number of carbonyl (C=O) groups is 4. The van der Waals surface area contributed by atoms with Crippen LogP contribution in [0.5, 0.6) is 5.75 Å². The van der Waals surface area contributed by atoms with Gasteiger partial charge in [0.2, 0.25) is 15.9 Å². The van der Waals surface area contributed by atoms with Crippen LogP contribution in [0.2, 0.25) is 0 Å². The molecule has 15 heteroatoms. The molecule has 1 atom stereocenters. The first-order valence-electron chi connectivity index (χ1n) is 14.1. The number of nitrogen functional groups attached to an aromatic ring is 1. The third kappa shape index (κ3) is 9.61. The quantitative estimate of drug-likeness (QED) is 0.101. The fraction of sp³-hybridized carbons (Fsp3) is 0.367. The fourth-order valence-electron chi connectivity index (χ4n) is 4.43. The number of hydrogen-bond donors (Lipinski definition) is 4. The van der Waals surface area contributed by atoms with Crippen molar-refractivity contribution >= 4 is 45.7 Å². The first-order chi connectivity index (χ1) is 21.3. The van der Waals surface area contributed by atoms with Crippen molar-refractivity contribution in [1.29, 1.82) is 5.41 Å². The Morgan fingerprint density at radius 3 is 2.29 bits per heavy atom. The molecule has 0 saturated carbocycles. The van der Waals surface area contributed by atoms with E-state index in [0.29, 0.717) is 18.7 Å². The summed E-state index contributed by atoms with van der Waals surface area (Å²) in [6.45, 7) is 3.61. The lowest BCUT2D eigenvalue weighted by molar-refractivity contribution is -0.143. The molecule has 0 unspecified atom stereocenters. The van der Waals surface area contributed by atoms with Crippen LogP contribution in [0.1, 0.15) is 54.6 Å². The molecule has 1 heterocycles. The number of nitrogens with one attached hydrogen (secondary N) is 3. The van der Waals surface area contributed by atoms with Gasteiger partial charge in [-0.3, -0.25) is 19.8 Å². The number of amides is 2. The van der Waals surface area contributed by atoms with Gasteiger partial charge in [0.05, 0.1) is 31.1 Å². The Morgan fingerprint density at radius 2 is 1.71 bits per heavy atom. The predicted molar refractivity (Wildman–Crippen MR) is 164 cm³/mol. The van der Waals surface area contributed by atoms with E-state index in [9.17, 15) is 27.6 Å². The summed E-state index contributed by atoms with van der Waals surface area (Å²) >= 11 is 0. The van der Waals surface area contributed by atoms with Crippen LogP contribution < -0.4 is 21.1 Å². The number of amidine groups is 1. The van der Waals surface area contributed by atoms with Crippen molar-refractivity contribution in [3.8, 4) is 5.75 Å².